The first-order valence-corrected chi connectivity index (χ1v) is 9.00. The van der Waals surface area contributed by atoms with E-state index < -0.39 is 0 Å². The predicted molar refractivity (Wildman–Crippen MR) is 95.9 cm³/mol. The van der Waals surface area contributed by atoms with Crippen molar-refractivity contribution in [2.75, 3.05) is 13.7 Å². The summed E-state index contributed by atoms with van der Waals surface area (Å²) < 4.78 is 6.71. The van der Waals surface area contributed by atoms with Crippen LogP contribution >= 0.6 is 11.3 Å². The number of thiophene rings is 1. The molecule has 0 unspecified atom stereocenters. The number of unbranched alkanes of at least 4 members (excludes halogenated alkanes) is 2. The van der Waals surface area contributed by atoms with Crippen LogP contribution in [0, 0.1) is 13.8 Å². The van der Waals surface area contributed by atoms with Crippen molar-refractivity contribution in [3.05, 3.63) is 40.5 Å². The van der Waals surface area contributed by atoms with Crippen molar-refractivity contribution < 1.29 is 14.3 Å². The Morgan fingerprint density at radius 3 is 2.50 bits per heavy atom. The third kappa shape index (κ3) is 4.47. The molecule has 0 aliphatic carbocycles. The molecule has 0 saturated carbocycles. The van der Waals surface area contributed by atoms with Crippen molar-refractivity contribution in [1.82, 2.24) is 9.88 Å². The summed E-state index contributed by atoms with van der Waals surface area (Å²) in [5.74, 6) is -0.230. The maximum Gasteiger partial charge on any atom is 0.305 e. The summed E-state index contributed by atoms with van der Waals surface area (Å²) in [6, 6.07) is 5.97. The van der Waals surface area contributed by atoms with E-state index in [2.05, 4.69) is 26.8 Å². The van der Waals surface area contributed by atoms with Crippen molar-refractivity contribution in [1.29, 1.82) is 0 Å². The van der Waals surface area contributed by atoms with E-state index in [4.69, 9.17) is 0 Å². The Hall–Kier alpha value is -2.08. The zero-order chi connectivity index (χ0) is 17.5. The lowest BCUT2D eigenvalue weighted by Crippen LogP contribution is -2.25. The molecule has 2 heterocycles. The van der Waals surface area contributed by atoms with E-state index in [1.807, 2.05) is 25.3 Å². The second-order valence-electron chi connectivity index (χ2n) is 5.73. The smallest absolute Gasteiger partial charge is 0.305 e. The van der Waals surface area contributed by atoms with Crippen LogP contribution in [0.1, 0.15) is 47.4 Å². The van der Waals surface area contributed by atoms with Gasteiger partial charge in [0.15, 0.2) is 0 Å². The molecular weight excluding hydrogens is 324 g/mol. The number of aryl methyl sites for hydroxylation is 2. The number of carbonyl (C=O) groups excluding carboxylic acids is 2. The average molecular weight is 348 g/mol. The van der Waals surface area contributed by atoms with Crippen LogP contribution in [0.15, 0.2) is 23.6 Å². The molecule has 0 aromatic carbocycles. The maximum absolute atomic E-state index is 12.4. The fraction of sp³-hybridized carbons (Fsp3) is 0.444. The number of ether oxygens (including phenoxy) is 1. The van der Waals surface area contributed by atoms with Crippen LogP contribution in [0.3, 0.4) is 0 Å². The lowest BCUT2D eigenvalue weighted by Gasteiger charge is -2.10. The SMILES string of the molecule is COC(=O)CCCCCNC(=O)c1ccsc1-n1c(C)ccc1C. The number of carbonyl (C=O) groups is 2. The molecule has 0 bridgehead atoms. The predicted octanol–water partition coefficient (Wildman–Crippen LogP) is 3.62. The standard InChI is InChI=1S/C18H24N2O3S/c1-13-8-9-14(2)20(13)18-15(10-12-24-18)17(22)19-11-6-4-5-7-16(21)23-3/h8-10,12H,4-7,11H2,1-3H3,(H,19,22). The van der Waals surface area contributed by atoms with Gasteiger partial charge in [-0.1, -0.05) is 6.42 Å². The molecule has 130 valence electrons. The van der Waals surface area contributed by atoms with E-state index in [1.54, 1.807) is 11.3 Å². The average Bonchev–Trinajstić information content (AvgIpc) is 3.16. The molecule has 0 saturated heterocycles. The molecule has 2 aromatic heterocycles. The van der Waals surface area contributed by atoms with Gasteiger partial charge in [-0.3, -0.25) is 9.59 Å². The zero-order valence-electron chi connectivity index (χ0n) is 14.4. The Morgan fingerprint density at radius 2 is 1.83 bits per heavy atom. The number of hydrogen-bond donors (Lipinski definition) is 1. The van der Waals surface area contributed by atoms with Gasteiger partial charge in [0.25, 0.3) is 5.91 Å². The monoisotopic (exact) mass is 348 g/mol. The van der Waals surface area contributed by atoms with Crippen LogP contribution in [0.2, 0.25) is 0 Å². The number of nitrogens with one attached hydrogen (secondary N) is 1. The minimum absolute atomic E-state index is 0.0493. The molecular formula is C18H24N2O3S. The number of esters is 1. The minimum atomic E-state index is -0.181. The summed E-state index contributed by atoms with van der Waals surface area (Å²) in [6.45, 7) is 4.68. The third-order valence-corrected chi connectivity index (χ3v) is 4.83. The highest BCUT2D eigenvalue weighted by molar-refractivity contribution is 7.13. The summed E-state index contributed by atoms with van der Waals surface area (Å²) >= 11 is 1.57. The normalized spacial score (nSPS) is 10.6. The summed E-state index contributed by atoms with van der Waals surface area (Å²) in [4.78, 5) is 23.5. The molecule has 1 N–H and O–H groups in total. The maximum atomic E-state index is 12.4. The van der Waals surface area contributed by atoms with Crippen LogP contribution in [-0.4, -0.2) is 30.1 Å². The van der Waals surface area contributed by atoms with E-state index in [9.17, 15) is 9.59 Å². The fourth-order valence-corrected chi connectivity index (χ4v) is 3.62. The van der Waals surface area contributed by atoms with E-state index in [1.165, 1.54) is 7.11 Å². The van der Waals surface area contributed by atoms with Gasteiger partial charge < -0.3 is 14.6 Å². The first kappa shape index (κ1) is 18.3. The number of aromatic nitrogens is 1. The minimum Gasteiger partial charge on any atom is -0.469 e. The van der Waals surface area contributed by atoms with Crippen LogP contribution in [0.25, 0.3) is 5.00 Å². The van der Waals surface area contributed by atoms with Gasteiger partial charge in [0.05, 0.1) is 12.7 Å². The van der Waals surface area contributed by atoms with Crippen molar-refractivity contribution in [3.63, 3.8) is 0 Å². The molecule has 0 spiro atoms. The third-order valence-electron chi connectivity index (χ3n) is 3.93. The topological polar surface area (TPSA) is 60.3 Å². The summed E-state index contributed by atoms with van der Waals surface area (Å²) in [5, 5.41) is 5.87. The van der Waals surface area contributed by atoms with Crippen LogP contribution in [-0.2, 0) is 9.53 Å². The van der Waals surface area contributed by atoms with Gasteiger partial charge in [-0.15, -0.1) is 11.3 Å². The van der Waals surface area contributed by atoms with Crippen LogP contribution < -0.4 is 5.32 Å². The number of amides is 1. The Morgan fingerprint density at radius 1 is 1.12 bits per heavy atom. The Bertz CT molecular complexity index is 683. The van der Waals surface area contributed by atoms with E-state index in [0.717, 1.165) is 35.7 Å². The Balaban J connectivity index is 1.86. The van der Waals surface area contributed by atoms with Gasteiger partial charge in [0.2, 0.25) is 0 Å². The molecule has 2 aromatic rings. The van der Waals surface area contributed by atoms with Gasteiger partial charge >= 0.3 is 5.97 Å². The fourth-order valence-electron chi connectivity index (χ4n) is 2.61. The van der Waals surface area contributed by atoms with Crippen LogP contribution in [0.5, 0.6) is 0 Å². The molecule has 0 atom stereocenters. The highest BCUT2D eigenvalue weighted by Gasteiger charge is 2.16. The van der Waals surface area contributed by atoms with E-state index in [0.29, 0.717) is 18.5 Å². The first-order valence-electron chi connectivity index (χ1n) is 8.12. The molecule has 24 heavy (non-hydrogen) atoms. The summed E-state index contributed by atoms with van der Waals surface area (Å²) in [6.07, 6.45) is 2.96. The molecule has 5 nitrogen and oxygen atoms in total. The van der Waals surface area contributed by atoms with Gasteiger partial charge in [-0.2, -0.15) is 0 Å². The summed E-state index contributed by atoms with van der Waals surface area (Å²) in [7, 11) is 1.40. The second kappa shape index (κ2) is 8.68. The van der Waals surface area contributed by atoms with Crippen molar-refractivity contribution in [2.24, 2.45) is 0 Å². The molecule has 2 rings (SSSR count). The quantitative estimate of drug-likeness (QED) is 0.585. The zero-order valence-corrected chi connectivity index (χ0v) is 15.2. The molecule has 1 amide bonds. The molecule has 0 fully saturated rings. The Labute approximate surface area is 146 Å². The first-order chi connectivity index (χ1) is 11.5. The Kier molecular flexibility index (Phi) is 6.61. The van der Waals surface area contributed by atoms with Crippen LogP contribution in [0.4, 0.5) is 0 Å². The molecule has 0 radical (unpaired) electrons. The number of rotatable bonds is 8. The highest BCUT2D eigenvalue weighted by atomic mass is 32.1. The lowest BCUT2D eigenvalue weighted by molar-refractivity contribution is -0.140. The second-order valence-corrected chi connectivity index (χ2v) is 6.63. The summed E-state index contributed by atoms with van der Waals surface area (Å²) in [5.41, 5.74) is 2.94. The van der Waals surface area contributed by atoms with Crippen molar-refractivity contribution in [2.45, 2.75) is 39.5 Å². The number of nitrogens with zero attached hydrogens (tertiary/aromatic N) is 1. The van der Waals surface area contributed by atoms with Gasteiger partial charge in [-0.05, 0) is 50.3 Å². The molecule has 0 aliphatic heterocycles. The van der Waals surface area contributed by atoms with E-state index in [-0.39, 0.29) is 11.9 Å². The van der Waals surface area contributed by atoms with Gasteiger partial charge in [0, 0.05) is 24.4 Å². The van der Waals surface area contributed by atoms with Crippen molar-refractivity contribution in [3.8, 4) is 5.00 Å². The highest BCUT2D eigenvalue weighted by Crippen LogP contribution is 2.25. The largest absolute Gasteiger partial charge is 0.469 e. The molecule has 0 aliphatic rings. The van der Waals surface area contributed by atoms with Crippen molar-refractivity contribution >= 4 is 23.2 Å². The number of methoxy groups -OCH3 is 1. The van der Waals surface area contributed by atoms with Gasteiger partial charge in [-0.25, -0.2) is 0 Å². The van der Waals surface area contributed by atoms with Gasteiger partial charge in [0.1, 0.15) is 5.00 Å². The lowest BCUT2D eigenvalue weighted by atomic mass is 10.2. The number of hydrogen-bond acceptors (Lipinski definition) is 4. The molecule has 6 heteroatoms. The van der Waals surface area contributed by atoms with E-state index >= 15 is 0 Å².